The molecule has 1 amide bonds. The average molecular weight is 404 g/mol. The Morgan fingerprint density at radius 2 is 1.66 bits per heavy atom. The zero-order valence-electron chi connectivity index (χ0n) is 17.9. The van der Waals surface area contributed by atoms with Crippen LogP contribution in [0.15, 0.2) is 18.5 Å². The Kier molecular flexibility index (Phi) is 6.55. The minimum atomic E-state index is -0.685. The van der Waals surface area contributed by atoms with E-state index in [0.29, 0.717) is 5.82 Å². The van der Waals surface area contributed by atoms with Crippen LogP contribution < -0.4 is 5.32 Å². The van der Waals surface area contributed by atoms with Gasteiger partial charge in [-0.3, -0.25) is 10.1 Å². The zero-order chi connectivity index (χ0) is 21.8. The van der Waals surface area contributed by atoms with E-state index in [9.17, 15) is 9.59 Å². The van der Waals surface area contributed by atoms with Gasteiger partial charge in [0.2, 0.25) is 0 Å². The highest BCUT2D eigenvalue weighted by molar-refractivity contribution is 5.82. The Hall–Kier alpha value is -3.04. The highest BCUT2D eigenvalue weighted by Crippen LogP contribution is 2.23. The van der Waals surface area contributed by atoms with Crippen molar-refractivity contribution in [3.8, 4) is 5.95 Å². The number of carbonyl (C=O) groups is 2. The molecule has 0 spiro atoms. The number of anilines is 1. The number of carbonyl (C=O) groups excluding carboxylic acids is 2. The fourth-order valence-electron chi connectivity index (χ4n) is 2.36. The van der Waals surface area contributed by atoms with Gasteiger partial charge >= 0.3 is 12.1 Å². The lowest BCUT2D eigenvalue weighted by Crippen LogP contribution is -2.27. The number of nitrogens with zero attached hydrogens (tertiary/aromatic N) is 5. The van der Waals surface area contributed by atoms with Crippen LogP contribution in [0.5, 0.6) is 0 Å². The van der Waals surface area contributed by atoms with Gasteiger partial charge in [-0.25, -0.2) is 14.8 Å². The Labute approximate surface area is 170 Å². The molecule has 10 heteroatoms. The second-order valence-corrected chi connectivity index (χ2v) is 8.57. The van der Waals surface area contributed by atoms with Crippen LogP contribution in [-0.4, -0.2) is 48.0 Å². The largest absolute Gasteiger partial charge is 0.460 e. The monoisotopic (exact) mass is 404 g/mol. The molecule has 1 N–H and O–H groups in total. The third-order valence-corrected chi connectivity index (χ3v) is 3.32. The lowest BCUT2D eigenvalue weighted by Gasteiger charge is -2.20. The molecule has 29 heavy (non-hydrogen) atoms. The van der Waals surface area contributed by atoms with E-state index in [4.69, 9.17) is 9.47 Å². The summed E-state index contributed by atoms with van der Waals surface area (Å²) >= 11 is 0. The number of amides is 1. The molecule has 2 aromatic rings. The Morgan fingerprint density at radius 1 is 1.07 bits per heavy atom. The van der Waals surface area contributed by atoms with Crippen molar-refractivity contribution >= 4 is 18.0 Å². The third kappa shape index (κ3) is 7.13. The van der Waals surface area contributed by atoms with Crippen molar-refractivity contribution in [2.45, 2.75) is 72.0 Å². The Morgan fingerprint density at radius 3 is 2.21 bits per heavy atom. The molecule has 0 fully saturated rings. The van der Waals surface area contributed by atoms with Crippen molar-refractivity contribution in [1.82, 2.24) is 24.7 Å². The molecule has 0 aliphatic heterocycles. The van der Waals surface area contributed by atoms with E-state index < -0.39 is 17.3 Å². The second-order valence-electron chi connectivity index (χ2n) is 8.57. The molecule has 158 valence electrons. The van der Waals surface area contributed by atoms with Crippen LogP contribution >= 0.6 is 0 Å². The van der Waals surface area contributed by atoms with Gasteiger partial charge in [-0.1, -0.05) is 6.92 Å². The quantitative estimate of drug-likeness (QED) is 0.754. The van der Waals surface area contributed by atoms with Gasteiger partial charge in [-0.2, -0.15) is 9.67 Å². The lowest BCUT2D eigenvalue weighted by atomic mass is 10.1. The number of ether oxygens (including phenoxy) is 2. The number of aromatic nitrogens is 5. The molecule has 0 radical (unpaired) electrons. The molecule has 0 saturated carbocycles. The van der Waals surface area contributed by atoms with Crippen molar-refractivity contribution in [1.29, 1.82) is 0 Å². The number of rotatable bonds is 5. The highest BCUT2D eigenvalue weighted by Gasteiger charge is 2.25. The van der Waals surface area contributed by atoms with Crippen LogP contribution in [0.25, 0.3) is 5.95 Å². The van der Waals surface area contributed by atoms with Crippen LogP contribution in [-0.2, 0) is 14.3 Å². The molecule has 0 bridgehead atoms. The summed E-state index contributed by atoms with van der Waals surface area (Å²) in [6, 6.07) is 1.67. The smallest absolute Gasteiger partial charge is 0.414 e. The maximum atomic E-state index is 12.2. The van der Waals surface area contributed by atoms with Gasteiger partial charge < -0.3 is 9.47 Å². The summed E-state index contributed by atoms with van der Waals surface area (Å²) in [4.78, 5) is 37.0. The summed E-state index contributed by atoms with van der Waals surface area (Å²) in [7, 11) is 0. The molecule has 2 rings (SSSR count). The number of hydrogen-bond acceptors (Lipinski definition) is 8. The van der Waals surface area contributed by atoms with Crippen molar-refractivity contribution in [3.05, 3.63) is 24.3 Å². The molecule has 1 atom stereocenters. The van der Waals surface area contributed by atoms with Crippen LogP contribution in [0, 0.1) is 0 Å². The summed E-state index contributed by atoms with van der Waals surface area (Å²) in [5, 5.41) is 6.77. The molecule has 10 nitrogen and oxygen atoms in total. The van der Waals surface area contributed by atoms with Crippen LogP contribution in [0.3, 0.4) is 0 Å². The van der Waals surface area contributed by atoms with E-state index in [0.717, 1.165) is 0 Å². The molecular formula is C19H28N6O4. The van der Waals surface area contributed by atoms with Crippen LogP contribution in [0.2, 0.25) is 0 Å². The van der Waals surface area contributed by atoms with Crippen molar-refractivity contribution in [2.24, 2.45) is 0 Å². The van der Waals surface area contributed by atoms with Crippen molar-refractivity contribution in [3.63, 3.8) is 0 Å². The first-order valence-corrected chi connectivity index (χ1v) is 9.30. The maximum absolute atomic E-state index is 12.2. The molecule has 0 aliphatic carbocycles. The van der Waals surface area contributed by atoms with Gasteiger partial charge in [0.05, 0.1) is 6.42 Å². The molecule has 0 aromatic carbocycles. The first-order chi connectivity index (χ1) is 13.3. The van der Waals surface area contributed by atoms with Crippen LogP contribution in [0.1, 0.15) is 66.6 Å². The fraction of sp³-hybridized carbons (Fsp3) is 0.579. The molecule has 2 heterocycles. The Bertz CT molecular complexity index is 852. The SMILES string of the molecule is C[C@H](CC(=O)OC(C)(C)C)c1nc(NC(=O)OC(C)(C)C)nn1-c1ncccn1. The summed E-state index contributed by atoms with van der Waals surface area (Å²) in [5.74, 6) is -0.0281. The maximum Gasteiger partial charge on any atom is 0.414 e. The fourth-order valence-corrected chi connectivity index (χ4v) is 2.36. The van der Waals surface area contributed by atoms with Crippen molar-refractivity contribution in [2.75, 3.05) is 5.32 Å². The normalized spacial score (nSPS) is 12.9. The van der Waals surface area contributed by atoms with E-state index in [1.54, 1.807) is 60.0 Å². The van der Waals surface area contributed by atoms with Gasteiger partial charge in [0.25, 0.3) is 11.9 Å². The molecular weight excluding hydrogens is 376 g/mol. The summed E-state index contributed by atoms with van der Waals surface area (Å²) in [5.41, 5.74) is -1.25. The minimum absolute atomic E-state index is 0.0257. The van der Waals surface area contributed by atoms with Crippen molar-refractivity contribution < 1.29 is 19.1 Å². The molecule has 0 saturated heterocycles. The molecule has 0 unspecified atom stereocenters. The predicted molar refractivity (Wildman–Crippen MR) is 106 cm³/mol. The molecule has 2 aromatic heterocycles. The van der Waals surface area contributed by atoms with E-state index in [1.807, 2.05) is 6.92 Å². The Balaban J connectivity index is 2.28. The first-order valence-electron chi connectivity index (χ1n) is 9.30. The minimum Gasteiger partial charge on any atom is -0.460 e. The standard InChI is InChI=1S/C19H28N6O4/c1-12(11-13(26)28-18(2,3)4)14-22-15(23-17(27)29-19(5,6)7)24-25(14)16-20-9-8-10-21-16/h8-10,12H,11H2,1-7H3,(H,23,24,27)/t12-/m1/s1. The highest BCUT2D eigenvalue weighted by atomic mass is 16.6. The number of esters is 1. The summed E-state index contributed by atoms with van der Waals surface area (Å²) in [6.07, 6.45) is 2.52. The first kappa shape index (κ1) is 22.3. The van der Waals surface area contributed by atoms with Gasteiger partial charge in [0.1, 0.15) is 17.0 Å². The van der Waals surface area contributed by atoms with Gasteiger partial charge in [-0.05, 0) is 47.6 Å². The zero-order valence-corrected chi connectivity index (χ0v) is 17.9. The lowest BCUT2D eigenvalue weighted by molar-refractivity contribution is -0.155. The number of nitrogens with one attached hydrogen (secondary N) is 1. The van der Waals surface area contributed by atoms with Crippen LogP contribution in [0.4, 0.5) is 10.7 Å². The topological polar surface area (TPSA) is 121 Å². The van der Waals surface area contributed by atoms with E-state index in [-0.39, 0.29) is 30.2 Å². The third-order valence-electron chi connectivity index (χ3n) is 3.32. The van der Waals surface area contributed by atoms with Gasteiger partial charge in [0, 0.05) is 18.3 Å². The van der Waals surface area contributed by atoms with E-state index >= 15 is 0 Å². The molecule has 0 aliphatic rings. The van der Waals surface area contributed by atoms with Gasteiger partial charge in [-0.15, -0.1) is 5.10 Å². The predicted octanol–water partition coefficient (Wildman–Crippen LogP) is 3.24. The number of hydrogen-bond donors (Lipinski definition) is 1. The second kappa shape index (κ2) is 8.54. The van der Waals surface area contributed by atoms with E-state index in [1.165, 1.54) is 4.68 Å². The summed E-state index contributed by atoms with van der Waals surface area (Å²) in [6.45, 7) is 12.5. The average Bonchev–Trinajstić information content (AvgIpc) is 2.95. The van der Waals surface area contributed by atoms with E-state index in [2.05, 4.69) is 25.4 Å². The van der Waals surface area contributed by atoms with Gasteiger partial charge in [0.15, 0.2) is 0 Å². The summed E-state index contributed by atoms with van der Waals surface area (Å²) < 4.78 is 12.0.